The molecular weight excluding hydrogens is 342 g/mol. The molecule has 0 aliphatic heterocycles. The van der Waals surface area contributed by atoms with Crippen LogP contribution in [0.25, 0.3) is 0 Å². The van der Waals surface area contributed by atoms with Gasteiger partial charge < -0.3 is 5.32 Å². The SMILES string of the molecule is CCCNC(C)c1cc(Br)ccc1Sc1ccc(C)cc1. The largest absolute Gasteiger partial charge is 0.310 e. The van der Waals surface area contributed by atoms with Crippen molar-refractivity contribution in [2.75, 3.05) is 6.54 Å². The highest BCUT2D eigenvalue weighted by Gasteiger charge is 2.11. The second kappa shape index (κ2) is 8.02. The Hall–Kier alpha value is -0.770. The lowest BCUT2D eigenvalue weighted by Crippen LogP contribution is -2.19. The van der Waals surface area contributed by atoms with E-state index in [2.05, 4.69) is 84.5 Å². The molecule has 3 heteroatoms. The topological polar surface area (TPSA) is 12.0 Å². The van der Waals surface area contributed by atoms with E-state index in [0.29, 0.717) is 6.04 Å². The minimum absolute atomic E-state index is 0.357. The van der Waals surface area contributed by atoms with Gasteiger partial charge in [0, 0.05) is 20.3 Å². The summed E-state index contributed by atoms with van der Waals surface area (Å²) in [5.41, 5.74) is 2.65. The summed E-state index contributed by atoms with van der Waals surface area (Å²) >= 11 is 5.42. The fraction of sp³-hybridized carbons (Fsp3) is 0.333. The van der Waals surface area contributed by atoms with Crippen LogP contribution in [0.15, 0.2) is 56.7 Å². The summed E-state index contributed by atoms with van der Waals surface area (Å²) in [7, 11) is 0. The van der Waals surface area contributed by atoms with E-state index in [9.17, 15) is 0 Å². The first-order valence-electron chi connectivity index (χ1n) is 7.37. The van der Waals surface area contributed by atoms with Crippen molar-refractivity contribution >= 4 is 27.7 Å². The van der Waals surface area contributed by atoms with Crippen molar-refractivity contribution in [2.24, 2.45) is 0 Å². The highest BCUT2D eigenvalue weighted by molar-refractivity contribution is 9.10. The maximum Gasteiger partial charge on any atom is 0.0303 e. The quantitative estimate of drug-likeness (QED) is 0.678. The van der Waals surface area contributed by atoms with Gasteiger partial charge >= 0.3 is 0 Å². The van der Waals surface area contributed by atoms with Crippen molar-refractivity contribution in [1.82, 2.24) is 5.32 Å². The Labute approximate surface area is 140 Å². The Morgan fingerprint density at radius 1 is 1.14 bits per heavy atom. The number of hydrogen-bond acceptors (Lipinski definition) is 2. The predicted octanol–water partition coefficient (Wildman–Crippen LogP) is 5.97. The highest BCUT2D eigenvalue weighted by atomic mass is 79.9. The van der Waals surface area contributed by atoms with Crippen LogP contribution in [0.1, 0.15) is 37.4 Å². The maximum absolute atomic E-state index is 3.59. The summed E-state index contributed by atoms with van der Waals surface area (Å²) in [6.07, 6.45) is 1.15. The molecule has 21 heavy (non-hydrogen) atoms. The second-order valence-electron chi connectivity index (χ2n) is 5.27. The van der Waals surface area contributed by atoms with Gasteiger partial charge in [-0.15, -0.1) is 0 Å². The maximum atomic E-state index is 3.59. The van der Waals surface area contributed by atoms with Gasteiger partial charge in [-0.1, -0.05) is 52.3 Å². The molecule has 2 rings (SSSR count). The van der Waals surface area contributed by atoms with Gasteiger partial charge in [0.1, 0.15) is 0 Å². The molecular formula is C18H22BrNS. The molecule has 0 aliphatic carbocycles. The van der Waals surface area contributed by atoms with Crippen LogP contribution in [-0.2, 0) is 0 Å². The van der Waals surface area contributed by atoms with Gasteiger partial charge in [-0.05, 0) is 62.7 Å². The third-order valence-electron chi connectivity index (χ3n) is 3.39. The van der Waals surface area contributed by atoms with E-state index in [1.807, 2.05) is 11.8 Å². The van der Waals surface area contributed by atoms with Crippen LogP contribution in [0.3, 0.4) is 0 Å². The van der Waals surface area contributed by atoms with Gasteiger partial charge in [-0.2, -0.15) is 0 Å². The van der Waals surface area contributed by atoms with Gasteiger partial charge in [0.15, 0.2) is 0 Å². The fourth-order valence-corrected chi connectivity index (χ4v) is 3.55. The number of aryl methyl sites for hydroxylation is 1. The molecule has 0 fully saturated rings. The zero-order chi connectivity index (χ0) is 15.2. The molecule has 2 aromatic carbocycles. The molecule has 0 aromatic heterocycles. The van der Waals surface area contributed by atoms with Gasteiger partial charge in [0.05, 0.1) is 0 Å². The van der Waals surface area contributed by atoms with E-state index in [-0.39, 0.29) is 0 Å². The molecule has 1 unspecified atom stereocenters. The molecule has 0 spiro atoms. The minimum atomic E-state index is 0.357. The third-order valence-corrected chi connectivity index (χ3v) is 4.98. The Bertz CT molecular complexity index is 580. The second-order valence-corrected chi connectivity index (χ2v) is 7.30. The van der Waals surface area contributed by atoms with Crippen molar-refractivity contribution in [3.05, 3.63) is 58.1 Å². The normalized spacial score (nSPS) is 12.4. The molecule has 112 valence electrons. The number of hydrogen-bond donors (Lipinski definition) is 1. The Morgan fingerprint density at radius 3 is 2.52 bits per heavy atom. The molecule has 0 heterocycles. The van der Waals surface area contributed by atoms with Gasteiger partial charge in [0.2, 0.25) is 0 Å². The van der Waals surface area contributed by atoms with Crippen molar-refractivity contribution in [1.29, 1.82) is 0 Å². The lowest BCUT2D eigenvalue weighted by molar-refractivity contribution is 0.563. The van der Waals surface area contributed by atoms with Crippen molar-refractivity contribution in [2.45, 2.75) is 43.0 Å². The molecule has 2 aromatic rings. The van der Waals surface area contributed by atoms with Crippen LogP contribution in [0, 0.1) is 6.92 Å². The van der Waals surface area contributed by atoms with Crippen LogP contribution in [0.2, 0.25) is 0 Å². The van der Waals surface area contributed by atoms with Crippen LogP contribution in [0.5, 0.6) is 0 Å². The summed E-state index contributed by atoms with van der Waals surface area (Å²) in [5.74, 6) is 0. The molecule has 1 N–H and O–H groups in total. The molecule has 0 amide bonds. The summed E-state index contributed by atoms with van der Waals surface area (Å²) in [5, 5.41) is 3.58. The average Bonchev–Trinajstić information content (AvgIpc) is 2.49. The summed E-state index contributed by atoms with van der Waals surface area (Å²) in [4.78, 5) is 2.60. The smallest absolute Gasteiger partial charge is 0.0303 e. The monoisotopic (exact) mass is 363 g/mol. The fourth-order valence-electron chi connectivity index (χ4n) is 2.15. The molecule has 0 saturated carbocycles. The molecule has 1 nitrogen and oxygen atoms in total. The van der Waals surface area contributed by atoms with Gasteiger partial charge in [0.25, 0.3) is 0 Å². The predicted molar refractivity (Wildman–Crippen MR) is 96.2 cm³/mol. The Morgan fingerprint density at radius 2 is 1.86 bits per heavy atom. The van der Waals surface area contributed by atoms with E-state index in [4.69, 9.17) is 0 Å². The third kappa shape index (κ3) is 4.87. The lowest BCUT2D eigenvalue weighted by atomic mass is 10.1. The summed E-state index contributed by atoms with van der Waals surface area (Å²) < 4.78 is 1.14. The van der Waals surface area contributed by atoms with E-state index in [1.165, 1.54) is 20.9 Å². The Balaban J connectivity index is 2.23. The van der Waals surface area contributed by atoms with Crippen molar-refractivity contribution in [3.63, 3.8) is 0 Å². The standard InChI is InChI=1S/C18H22BrNS/c1-4-11-20-14(3)17-12-15(19)7-10-18(17)21-16-8-5-13(2)6-9-16/h5-10,12,14,20H,4,11H2,1-3H3. The molecule has 0 bridgehead atoms. The van der Waals surface area contributed by atoms with Crippen molar-refractivity contribution in [3.8, 4) is 0 Å². The van der Waals surface area contributed by atoms with E-state index in [0.717, 1.165) is 17.4 Å². The zero-order valence-electron chi connectivity index (χ0n) is 12.8. The van der Waals surface area contributed by atoms with Crippen LogP contribution < -0.4 is 5.32 Å². The zero-order valence-corrected chi connectivity index (χ0v) is 15.2. The number of rotatable bonds is 6. The van der Waals surface area contributed by atoms with Crippen LogP contribution in [0.4, 0.5) is 0 Å². The average molecular weight is 364 g/mol. The van der Waals surface area contributed by atoms with Gasteiger partial charge in [-0.25, -0.2) is 0 Å². The molecule has 1 atom stereocenters. The number of halogens is 1. The summed E-state index contributed by atoms with van der Waals surface area (Å²) in [6.45, 7) is 7.60. The highest BCUT2D eigenvalue weighted by Crippen LogP contribution is 2.35. The first kappa shape index (κ1) is 16.6. The minimum Gasteiger partial charge on any atom is -0.310 e. The van der Waals surface area contributed by atoms with Crippen molar-refractivity contribution < 1.29 is 0 Å². The van der Waals surface area contributed by atoms with Gasteiger partial charge in [-0.3, -0.25) is 0 Å². The first-order valence-corrected chi connectivity index (χ1v) is 8.98. The molecule has 0 radical (unpaired) electrons. The Kier molecular flexibility index (Phi) is 6.34. The molecule has 0 saturated heterocycles. The van der Waals surface area contributed by atoms with E-state index < -0.39 is 0 Å². The summed E-state index contributed by atoms with van der Waals surface area (Å²) in [6, 6.07) is 15.6. The van der Waals surface area contributed by atoms with E-state index in [1.54, 1.807) is 0 Å². The first-order chi connectivity index (χ1) is 10.1. The lowest BCUT2D eigenvalue weighted by Gasteiger charge is -2.18. The van der Waals surface area contributed by atoms with E-state index >= 15 is 0 Å². The number of benzene rings is 2. The van der Waals surface area contributed by atoms with Crippen LogP contribution in [-0.4, -0.2) is 6.54 Å². The van der Waals surface area contributed by atoms with Crippen LogP contribution >= 0.6 is 27.7 Å². The molecule has 0 aliphatic rings. The number of nitrogens with one attached hydrogen (secondary N) is 1.